The summed E-state index contributed by atoms with van der Waals surface area (Å²) in [5.41, 5.74) is -2.57. The zero-order valence-corrected chi connectivity index (χ0v) is 33.6. The second kappa shape index (κ2) is 18.2. The van der Waals surface area contributed by atoms with Crippen LogP contribution in [0.3, 0.4) is 0 Å². The topological polar surface area (TPSA) is 348 Å². The predicted octanol–water partition coefficient (Wildman–Crippen LogP) is 4.55. The molecule has 0 amide bonds. The third-order valence-electron chi connectivity index (χ3n) is 11.6. The molecule has 5 aliphatic heterocycles. The molecule has 8 N–H and O–H groups in total. The molecule has 328 valence electrons. The van der Waals surface area contributed by atoms with Gasteiger partial charge in [-0.2, -0.15) is 0 Å². The molecule has 20 nitrogen and oxygen atoms in total. The minimum absolute atomic E-state index is 0.0103. The van der Waals surface area contributed by atoms with Crippen LogP contribution in [0.15, 0.2) is 89.4 Å². The van der Waals surface area contributed by atoms with Crippen molar-refractivity contribution >= 4 is 70.6 Å². The van der Waals surface area contributed by atoms with Gasteiger partial charge in [-0.1, -0.05) is 13.8 Å². The molecule has 4 atom stereocenters. The first-order chi connectivity index (χ1) is 29.0. The molecule has 20 heteroatoms. The van der Waals surface area contributed by atoms with E-state index in [0.29, 0.717) is 0 Å². The summed E-state index contributed by atoms with van der Waals surface area (Å²) in [6, 6.07) is 0. The number of nitrogens with zero attached hydrogens (tertiary/aromatic N) is 4. The van der Waals surface area contributed by atoms with Crippen molar-refractivity contribution < 1.29 is 79.2 Å². The first-order valence-electron chi connectivity index (χ1n) is 19.4. The van der Waals surface area contributed by atoms with E-state index < -0.39 is 122 Å². The monoisotopic (exact) mass is 860 g/mol. The number of aliphatic carboxylic acids is 8. The number of carboxylic acid groups (broad SMARTS) is 8. The van der Waals surface area contributed by atoms with E-state index in [1.807, 2.05) is 0 Å². The maximum Gasteiger partial charge on any atom is 0.307 e. The number of carboxylic acids is 8. The molecule has 8 bridgehead atoms. The average molecular weight is 861 g/mol. The molecule has 0 saturated carbocycles. The summed E-state index contributed by atoms with van der Waals surface area (Å²) in [7, 11) is 0. The minimum Gasteiger partial charge on any atom is -0.481 e. The molecule has 0 saturated heterocycles. The molecule has 0 fully saturated rings. The van der Waals surface area contributed by atoms with Gasteiger partial charge in [-0.15, -0.1) is 0 Å². The van der Waals surface area contributed by atoms with E-state index in [0.717, 1.165) is 0 Å². The number of aliphatic imine (C=N–C) groups is 4. The number of fused-ring (bicyclic) bond motifs is 4. The predicted molar refractivity (Wildman–Crippen MR) is 216 cm³/mol. The molecule has 0 spiro atoms. The number of hydrogen-bond donors (Lipinski definition) is 8. The summed E-state index contributed by atoms with van der Waals surface area (Å²) < 4.78 is 0. The highest BCUT2D eigenvalue weighted by atomic mass is 16.4. The number of hydrogen-bond acceptors (Lipinski definition) is 12. The second-order valence-corrected chi connectivity index (χ2v) is 16.0. The molecular weight excluding hydrogens is 816 g/mol. The highest BCUT2D eigenvalue weighted by molar-refractivity contribution is 6.18. The van der Waals surface area contributed by atoms with Gasteiger partial charge in [-0.05, 0) is 72.3 Å². The van der Waals surface area contributed by atoms with Crippen LogP contribution >= 0.6 is 0 Å². The van der Waals surface area contributed by atoms with Crippen LogP contribution in [0.5, 0.6) is 0 Å². The highest BCUT2D eigenvalue weighted by Crippen LogP contribution is 2.53. The van der Waals surface area contributed by atoms with Gasteiger partial charge in [0.15, 0.2) is 0 Å². The molecule has 5 rings (SSSR count). The van der Waals surface area contributed by atoms with Crippen molar-refractivity contribution in [2.24, 2.45) is 42.6 Å². The summed E-state index contributed by atoms with van der Waals surface area (Å²) in [4.78, 5) is 117. The summed E-state index contributed by atoms with van der Waals surface area (Å²) in [6.45, 7) is 3.07. The molecule has 0 aliphatic carbocycles. The Labute approximate surface area is 352 Å². The van der Waals surface area contributed by atoms with Crippen LogP contribution in [0.4, 0.5) is 0 Å². The minimum atomic E-state index is -1.51. The van der Waals surface area contributed by atoms with Gasteiger partial charge >= 0.3 is 47.8 Å². The van der Waals surface area contributed by atoms with Crippen LogP contribution in [0.25, 0.3) is 0 Å². The Morgan fingerprint density at radius 3 is 1.21 bits per heavy atom. The SMILES string of the molecule is C[C@@]1(CC(=O)O)C2=CC3=NC(=CC4=NC(=CC5=NC(=CC(=N2)[C@H]1CCC(=O)O)C(CC(=O)O)=C5CCC(=O)O)C(CC(=O)O)=C4CCC(=O)O)[C@@](C)(CC(=O)O)[C@@H]3CCC(=O)O. The van der Waals surface area contributed by atoms with E-state index in [1.54, 1.807) is 0 Å². The molecular formula is C42H44N4O16. The number of rotatable bonds is 20. The smallest absolute Gasteiger partial charge is 0.307 e. The summed E-state index contributed by atoms with van der Waals surface area (Å²) >= 11 is 0. The Kier molecular flexibility index (Phi) is 13.5. The second-order valence-electron chi connectivity index (χ2n) is 16.0. The Hall–Kier alpha value is -7.12. The van der Waals surface area contributed by atoms with Gasteiger partial charge in [-0.3, -0.25) is 48.3 Å². The Bertz CT molecular complexity index is 2390. The van der Waals surface area contributed by atoms with Gasteiger partial charge in [0.1, 0.15) is 0 Å². The van der Waals surface area contributed by atoms with Crippen LogP contribution in [0.2, 0.25) is 0 Å². The van der Waals surface area contributed by atoms with Gasteiger partial charge < -0.3 is 40.9 Å². The average Bonchev–Trinajstić information content (AvgIpc) is 3.77. The van der Waals surface area contributed by atoms with Crippen molar-refractivity contribution in [1.82, 2.24) is 0 Å². The van der Waals surface area contributed by atoms with Crippen molar-refractivity contribution in [1.29, 1.82) is 0 Å². The van der Waals surface area contributed by atoms with Crippen LogP contribution in [-0.2, 0) is 38.4 Å². The Morgan fingerprint density at radius 1 is 0.452 bits per heavy atom. The zero-order chi connectivity index (χ0) is 45.8. The summed E-state index contributed by atoms with van der Waals surface area (Å²) in [5.74, 6) is -12.2. The lowest BCUT2D eigenvalue weighted by atomic mass is 9.68. The van der Waals surface area contributed by atoms with Crippen molar-refractivity contribution in [3.63, 3.8) is 0 Å². The van der Waals surface area contributed by atoms with E-state index in [-0.39, 0.29) is 93.6 Å². The molecule has 5 aliphatic rings. The number of allylic oxidation sites excluding steroid dienone is 10. The van der Waals surface area contributed by atoms with Crippen molar-refractivity contribution in [2.45, 2.75) is 90.9 Å². The van der Waals surface area contributed by atoms with Gasteiger partial charge in [0.25, 0.3) is 0 Å². The highest BCUT2D eigenvalue weighted by Gasteiger charge is 2.50. The van der Waals surface area contributed by atoms with Crippen LogP contribution in [-0.4, -0.2) is 111 Å². The third kappa shape index (κ3) is 10.1. The van der Waals surface area contributed by atoms with Crippen molar-refractivity contribution in [3.05, 3.63) is 69.4 Å². The molecule has 0 radical (unpaired) electrons. The third-order valence-corrected chi connectivity index (χ3v) is 11.6. The molecule has 5 heterocycles. The molecule has 0 unspecified atom stereocenters. The molecule has 0 aromatic heterocycles. The lowest BCUT2D eigenvalue weighted by Crippen LogP contribution is -2.34. The maximum atomic E-state index is 12.6. The van der Waals surface area contributed by atoms with Crippen LogP contribution < -0.4 is 0 Å². The summed E-state index contributed by atoms with van der Waals surface area (Å²) in [6.07, 6.45) is -0.0652. The van der Waals surface area contributed by atoms with Gasteiger partial charge in [0, 0.05) is 71.2 Å². The van der Waals surface area contributed by atoms with Gasteiger partial charge in [0.2, 0.25) is 0 Å². The van der Waals surface area contributed by atoms with E-state index >= 15 is 0 Å². The Morgan fingerprint density at radius 2 is 0.823 bits per heavy atom. The zero-order valence-electron chi connectivity index (χ0n) is 33.6. The molecule has 0 aromatic rings. The van der Waals surface area contributed by atoms with Crippen molar-refractivity contribution in [3.8, 4) is 0 Å². The van der Waals surface area contributed by atoms with Crippen LogP contribution in [0, 0.1) is 22.7 Å². The fraction of sp³-hybridized carbons (Fsp3) is 0.429. The largest absolute Gasteiger partial charge is 0.481 e. The normalized spacial score (nSPS) is 24.0. The van der Waals surface area contributed by atoms with Gasteiger partial charge in [0.05, 0.1) is 48.5 Å². The van der Waals surface area contributed by atoms with Crippen molar-refractivity contribution in [2.75, 3.05) is 0 Å². The quantitative estimate of drug-likeness (QED) is 0.0832. The molecule has 0 aromatic carbocycles. The fourth-order valence-corrected chi connectivity index (χ4v) is 8.77. The van der Waals surface area contributed by atoms with Crippen LogP contribution in [0.1, 0.15) is 90.9 Å². The van der Waals surface area contributed by atoms with E-state index in [4.69, 9.17) is 20.0 Å². The van der Waals surface area contributed by atoms with Gasteiger partial charge in [-0.25, -0.2) is 9.98 Å². The van der Waals surface area contributed by atoms with E-state index in [2.05, 4.69) is 0 Å². The fourth-order valence-electron chi connectivity index (χ4n) is 8.77. The first kappa shape index (κ1) is 46.0. The maximum absolute atomic E-state index is 12.6. The lowest BCUT2D eigenvalue weighted by molar-refractivity contribution is -0.141. The first-order valence-corrected chi connectivity index (χ1v) is 19.4. The lowest BCUT2D eigenvalue weighted by Gasteiger charge is -2.33. The molecule has 62 heavy (non-hydrogen) atoms. The Balaban J connectivity index is 1.97. The standard InChI is InChI=1S/C42H44N4O16/c1-41(17-39(59)60)23(5-9-35(51)52)29-14-27-21(11-37(55)56)19(3-7-33(47)48)25(43-27)13-26-22(12-38(57)58)20(4-8-34(49)50)28(44-26)15-31-42(2,18-40(61)62)24(6-10-36(53)54)30(46-31)16-32(41)45-29/h13-16,23-24H,3-12,17-18H2,1-2H3,(H,47,48)(H,49,50)(H,51,52)(H,53,54)(H,55,56)(H,57,58)(H,59,60)(H,61,62)/t23-,24-,41+,42+/m1/s1. The van der Waals surface area contributed by atoms with E-state index in [1.165, 1.54) is 38.2 Å². The number of carbonyl (C=O) groups is 8. The van der Waals surface area contributed by atoms with E-state index in [9.17, 15) is 79.2 Å². The summed E-state index contributed by atoms with van der Waals surface area (Å²) in [5, 5.41) is 79.6.